The molecule has 1 fully saturated rings. The number of aromatic nitrogens is 4. The Bertz CT molecular complexity index is 1480. The van der Waals surface area contributed by atoms with E-state index in [4.69, 9.17) is 11.6 Å². The monoisotopic (exact) mass is 526 g/mol. The molecule has 1 N–H and O–H groups in total. The smallest absolute Gasteiger partial charge is 0.262 e. The highest BCUT2D eigenvalue weighted by Crippen LogP contribution is 2.41. The number of nitrogens with zero attached hydrogens (tertiary/aromatic N) is 5. The Kier molecular flexibility index (Phi) is 6.63. The van der Waals surface area contributed by atoms with Gasteiger partial charge in [-0.15, -0.1) is 10.2 Å². The van der Waals surface area contributed by atoms with E-state index in [0.29, 0.717) is 35.1 Å². The second-order valence-corrected chi connectivity index (χ2v) is 10.8. The van der Waals surface area contributed by atoms with Gasteiger partial charge in [-0.2, -0.15) is 4.39 Å². The molecule has 1 aliphatic heterocycles. The van der Waals surface area contributed by atoms with E-state index in [1.165, 1.54) is 24.4 Å². The molecule has 0 unspecified atom stereocenters. The van der Waals surface area contributed by atoms with Crippen LogP contribution in [0.3, 0.4) is 0 Å². The summed E-state index contributed by atoms with van der Waals surface area (Å²) in [6.45, 7) is 1.35. The number of halogens is 2. The van der Waals surface area contributed by atoms with Crippen molar-refractivity contribution in [2.45, 2.75) is 23.7 Å². The third-order valence-electron chi connectivity index (χ3n) is 6.35. The fraction of sp³-hybridized carbons (Fsp3) is 0.240. The van der Waals surface area contributed by atoms with Crippen LogP contribution in [0.25, 0.3) is 11.1 Å². The van der Waals surface area contributed by atoms with Crippen LogP contribution in [0, 0.1) is 5.95 Å². The summed E-state index contributed by atoms with van der Waals surface area (Å²) in [5, 5.41) is 8.59. The predicted molar refractivity (Wildman–Crippen MR) is 137 cm³/mol. The maximum absolute atomic E-state index is 13.6. The van der Waals surface area contributed by atoms with Crippen LogP contribution in [0.4, 0.5) is 15.8 Å². The van der Waals surface area contributed by atoms with Crippen LogP contribution in [0.2, 0.25) is 5.02 Å². The summed E-state index contributed by atoms with van der Waals surface area (Å²) >= 11 is 6.04. The summed E-state index contributed by atoms with van der Waals surface area (Å²) in [6.07, 6.45) is 4.79. The summed E-state index contributed by atoms with van der Waals surface area (Å²) in [4.78, 5) is 6.02. The van der Waals surface area contributed by atoms with Crippen LogP contribution < -0.4 is 9.62 Å². The van der Waals surface area contributed by atoms with Crippen LogP contribution >= 0.6 is 11.6 Å². The number of hydrogen-bond donors (Lipinski definition) is 1. The first-order chi connectivity index (χ1) is 17.3. The fourth-order valence-electron chi connectivity index (χ4n) is 4.60. The van der Waals surface area contributed by atoms with Gasteiger partial charge in [-0.3, -0.25) is 4.72 Å². The third kappa shape index (κ3) is 4.91. The molecule has 186 valence electrons. The van der Waals surface area contributed by atoms with Gasteiger partial charge in [0.15, 0.2) is 0 Å². The van der Waals surface area contributed by atoms with E-state index in [1.807, 2.05) is 17.7 Å². The zero-order chi connectivity index (χ0) is 25.3. The first kappa shape index (κ1) is 24.2. The number of piperidine rings is 1. The van der Waals surface area contributed by atoms with Gasteiger partial charge in [0.05, 0.1) is 16.3 Å². The van der Waals surface area contributed by atoms with E-state index in [-0.39, 0.29) is 10.8 Å². The Morgan fingerprint density at radius 1 is 1.08 bits per heavy atom. The van der Waals surface area contributed by atoms with Crippen molar-refractivity contribution in [1.29, 1.82) is 0 Å². The third-order valence-corrected chi connectivity index (χ3v) is 7.95. The SMILES string of the molecule is Cn1cnnc1C1CCN(c2c(NS(=O)(=O)c3cccc(Cl)c3)cccc2-c2ccc(F)nc2)CC1. The van der Waals surface area contributed by atoms with E-state index >= 15 is 0 Å². The molecular formula is C25H24ClFN6O2S. The standard InChI is InChI=1S/C25H24ClFN6O2S/c1-32-16-29-30-25(32)17-10-12-33(13-11-17)24-21(18-8-9-23(27)28-15-18)6-3-7-22(24)31-36(34,35)20-5-2-4-19(26)14-20/h2-9,14-17,31H,10-13H2,1H3. The molecule has 0 atom stereocenters. The minimum Gasteiger partial charge on any atom is -0.369 e. The molecule has 0 radical (unpaired) electrons. The Morgan fingerprint density at radius 2 is 1.86 bits per heavy atom. The van der Waals surface area contributed by atoms with Crippen LogP contribution in [0.15, 0.2) is 72.0 Å². The zero-order valence-corrected chi connectivity index (χ0v) is 21.0. The van der Waals surface area contributed by atoms with Crippen molar-refractivity contribution in [1.82, 2.24) is 19.7 Å². The molecule has 2 aromatic carbocycles. The van der Waals surface area contributed by atoms with Crippen molar-refractivity contribution >= 4 is 33.0 Å². The molecule has 11 heteroatoms. The van der Waals surface area contributed by atoms with Gasteiger partial charge in [-0.05, 0) is 49.2 Å². The number of anilines is 2. The summed E-state index contributed by atoms with van der Waals surface area (Å²) in [7, 11) is -1.98. The fourth-order valence-corrected chi connectivity index (χ4v) is 5.96. The number of pyridine rings is 1. The number of benzene rings is 2. The molecule has 0 aliphatic carbocycles. The maximum Gasteiger partial charge on any atom is 0.262 e. The molecule has 0 spiro atoms. The van der Waals surface area contributed by atoms with Crippen molar-refractivity contribution in [2.24, 2.45) is 7.05 Å². The van der Waals surface area contributed by atoms with E-state index in [1.54, 1.807) is 36.7 Å². The highest BCUT2D eigenvalue weighted by Gasteiger charge is 2.28. The quantitative estimate of drug-likeness (QED) is 0.361. The highest BCUT2D eigenvalue weighted by atomic mass is 35.5. The van der Waals surface area contributed by atoms with Gasteiger partial charge in [0.25, 0.3) is 10.0 Å². The topological polar surface area (TPSA) is 93.0 Å². The van der Waals surface area contributed by atoms with Gasteiger partial charge < -0.3 is 9.47 Å². The first-order valence-corrected chi connectivity index (χ1v) is 13.3. The van der Waals surface area contributed by atoms with Crippen molar-refractivity contribution in [3.8, 4) is 11.1 Å². The van der Waals surface area contributed by atoms with Crippen LogP contribution in [-0.2, 0) is 17.1 Å². The number of aryl methyl sites for hydroxylation is 1. The van der Waals surface area contributed by atoms with Crippen LogP contribution in [0.1, 0.15) is 24.6 Å². The summed E-state index contributed by atoms with van der Waals surface area (Å²) < 4.78 is 44.8. The van der Waals surface area contributed by atoms with Gasteiger partial charge in [-0.25, -0.2) is 13.4 Å². The molecule has 1 saturated heterocycles. The number of nitrogens with one attached hydrogen (secondary N) is 1. The molecule has 0 bridgehead atoms. The molecule has 5 rings (SSSR count). The lowest BCUT2D eigenvalue weighted by molar-refractivity contribution is 0.474. The Labute approximate surface area is 213 Å². The maximum atomic E-state index is 13.6. The second-order valence-electron chi connectivity index (χ2n) is 8.70. The molecule has 1 aliphatic rings. The number of para-hydroxylation sites is 1. The van der Waals surface area contributed by atoms with E-state index in [2.05, 4.69) is 24.8 Å². The normalized spacial score (nSPS) is 14.7. The molecule has 36 heavy (non-hydrogen) atoms. The van der Waals surface area contributed by atoms with Gasteiger partial charge in [0.1, 0.15) is 12.2 Å². The summed E-state index contributed by atoms with van der Waals surface area (Å²) in [5.74, 6) is 0.607. The molecule has 8 nitrogen and oxygen atoms in total. The van der Waals surface area contributed by atoms with Crippen molar-refractivity contribution < 1.29 is 12.8 Å². The van der Waals surface area contributed by atoms with E-state index in [0.717, 1.165) is 24.2 Å². The lowest BCUT2D eigenvalue weighted by Crippen LogP contribution is -2.34. The van der Waals surface area contributed by atoms with Crippen molar-refractivity contribution in [2.75, 3.05) is 22.7 Å². The first-order valence-electron chi connectivity index (χ1n) is 11.4. The predicted octanol–water partition coefficient (Wildman–Crippen LogP) is 4.85. The lowest BCUT2D eigenvalue weighted by Gasteiger charge is -2.35. The van der Waals surface area contributed by atoms with Gasteiger partial charge >= 0.3 is 0 Å². The molecule has 2 aromatic heterocycles. The Morgan fingerprint density at radius 3 is 2.53 bits per heavy atom. The number of hydrogen-bond acceptors (Lipinski definition) is 6. The summed E-state index contributed by atoms with van der Waals surface area (Å²) in [6, 6.07) is 14.4. The van der Waals surface area contributed by atoms with Crippen molar-refractivity contribution in [3.05, 3.63) is 83.9 Å². The molecule has 4 aromatic rings. The van der Waals surface area contributed by atoms with Gasteiger partial charge in [0.2, 0.25) is 5.95 Å². The Balaban J connectivity index is 1.53. The molecular weight excluding hydrogens is 503 g/mol. The highest BCUT2D eigenvalue weighted by molar-refractivity contribution is 7.92. The average molecular weight is 527 g/mol. The second kappa shape index (κ2) is 9.87. The minimum atomic E-state index is -3.91. The summed E-state index contributed by atoms with van der Waals surface area (Å²) in [5.41, 5.74) is 2.58. The van der Waals surface area contributed by atoms with Gasteiger partial charge in [-0.1, -0.05) is 29.8 Å². The zero-order valence-electron chi connectivity index (χ0n) is 19.5. The lowest BCUT2D eigenvalue weighted by atomic mass is 9.94. The van der Waals surface area contributed by atoms with Crippen molar-refractivity contribution in [3.63, 3.8) is 0 Å². The largest absolute Gasteiger partial charge is 0.369 e. The number of rotatable bonds is 6. The van der Waals surface area contributed by atoms with Crippen LogP contribution in [0.5, 0.6) is 0 Å². The Hall–Kier alpha value is -3.50. The number of sulfonamides is 1. The van der Waals surface area contributed by atoms with Gasteiger partial charge in [0, 0.05) is 48.4 Å². The molecule has 0 saturated carbocycles. The van der Waals surface area contributed by atoms with E-state index in [9.17, 15) is 12.8 Å². The minimum absolute atomic E-state index is 0.0655. The van der Waals surface area contributed by atoms with E-state index < -0.39 is 16.0 Å². The average Bonchev–Trinajstić information content (AvgIpc) is 3.30. The van der Waals surface area contributed by atoms with Crippen LogP contribution in [-0.4, -0.2) is 41.3 Å². The molecule has 0 amide bonds. The molecule has 3 heterocycles.